The van der Waals surface area contributed by atoms with Gasteiger partial charge in [-0.05, 0) is 48.4 Å². The number of anilines is 2. The molecular weight excluding hydrogens is 376 g/mol. The largest absolute Gasteiger partial charge is 0.491 e. The zero-order valence-corrected chi connectivity index (χ0v) is 17.3. The minimum atomic E-state index is -0.128. The summed E-state index contributed by atoms with van der Waals surface area (Å²) in [6, 6.07) is 25.0. The van der Waals surface area contributed by atoms with Crippen LogP contribution in [0.25, 0.3) is 0 Å². The van der Waals surface area contributed by atoms with Gasteiger partial charge in [-0.15, -0.1) is 0 Å². The predicted molar refractivity (Wildman–Crippen MR) is 121 cm³/mol. The smallest absolute Gasteiger partial charge is 0.243 e. The van der Waals surface area contributed by atoms with E-state index in [1.54, 1.807) is 0 Å². The van der Waals surface area contributed by atoms with Crippen LogP contribution in [0.15, 0.2) is 78.9 Å². The van der Waals surface area contributed by atoms with Gasteiger partial charge in [-0.2, -0.15) is 0 Å². The summed E-state index contributed by atoms with van der Waals surface area (Å²) in [6.07, 6.45) is 2.08. The third-order valence-corrected chi connectivity index (χ3v) is 4.47. The van der Waals surface area contributed by atoms with E-state index in [0.29, 0.717) is 13.2 Å². The van der Waals surface area contributed by atoms with Crippen LogP contribution in [0.2, 0.25) is 0 Å². The Morgan fingerprint density at radius 1 is 0.867 bits per heavy atom. The van der Waals surface area contributed by atoms with Crippen LogP contribution < -0.4 is 20.1 Å². The van der Waals surface area contributed by atoms with Gasteiger partial charge in [0.05, 0.1) is 18.8 Å². The van der Waals surface area contributed by atoms with Gasteiger partial charge in [0, 0.05) is 5.69 Å². The van der Waals surface area contributed by atoms with Crippen molar-refractivity contribution in [2.75, 3.05) is 23.8 Å². The highest BCUT2D eigenvalue weighted by molar-refractivity contribution is 5.94. The van der Waals surface area contributed by atoms with Crippen LogP contribution in [0.3, 0.4) is 0 Å². The zero-order chi connectivity index (χ0) is 21.0. The topological polar surface area (TPSA) is 59.6 Å². The molecule has 3 rings (SSSR count). The molecule has 5 heteroatoms. The van der Waals surface area contributed by atoms with Crippen LogP contribution in [0.1, 0.15) is 25.3 Å². The monoisotopic (exact) mass is 404 g/mol. The van der Waals surface area contributed by atoms with Gasteiger partial charge in [0.2, 0.25) is 5.91 Å². The lowest BCUT2D eigenvalue weighted by Crippen LogP contribution is -2.22. The molecule has 0 fully saturated rings. The summed E-state index contributed by atoms with van der Waals surface area (Å²) in [4.78, 5) is 12.3. The Balaban J connectivity index is 1.46. The molecule has 0 saturated carbocycles. The molecule has 0 unspecified atom stereocenters. The molecule has 0 aliphatic heterocycles. The number of carbonyl (C=O) groups excluding carboxylic acids is 1. The first-order valence-electron chi connectivity index (χ1n) is 10.3. The van der Waals surface area contributed by atoms with Crippen molar-refractivity contribution in [1.82, 2.24) is 0 Å². The van der Waals surface area contributed by atoms with E-state index < -0.39 is 0 Å². The van der Waals surface area contributed by atoms with Crippen LogP contribution in [0, 0.1) is 0 Å². The van der Waals surface area contributed by atoms with Crippen molar-refractivity contribution in [2.24, 2.45) is 0 Å². The van der Waals surface area contributed by atoms with Crippen molar-refractivity contribution < 1.29 is 14.3 Å². The van der Waals surface area contributed by atoms with Crippen molar-refractivity contribution in [3.8, 4) is 11.5 Å². The summed E-state index contributed by atoms with van der Waals surface area (Å²) >= 11 is 0. The van der Waals surface area contributed by atoms with E-state index in [2.05, 4.69) is 17.6 Å². The Labute approximate surface area is 178 Å². The number of carbonyl (C=O) groups is 1. The molecule has 0 atom stereocenters. The van der Waals surface area contributed by atoms with Crippen molar-refractivity contribution in [2.45, 2.75) is 26.4 Å². The van der Waals surface area contributed by atoms with E-state index in [4.69, 9.17) is 9.47 Å². The Morgan fingerprint density at radius 3 is 2.37 bits per heavy atom. The lowest BCUT2D eigenvalue weighted by Gasteiger charge is -2.13. The summed E-state index contributed by atoms with van der Waals surface area (Å²) in [6.45, 7) is 3.45. The molecule has 0 radical (unpaired) electrons. The van der Waals surface area contributed by atoms with Crippen LogP contribution in [0.5, 0.6) is 11.5 Å². The lowest BCUT2D eigenvalue weighted by atomic mass is 10.2. The van der Waals surface area contributed by atoms with E-state index in [9.17, 15) is 4.79 Å². The molecule has 3 aromatic carbocycles. The van der Waals surface area contributed by atoms with E-state index in [0.717, 1.165) is 41.3 Å². The zero-order valence-electron chi connectivity index (χ0n) is 17.3. The van der Waals surface area contributed by atoms with E-state index in [1.165, 1.54) is 0 Å². The first-order chi connectivity index (χ1) is 14.7. The lowest BCUT2D eigenvalue weighted by molar-refractivity contribution is -0.114. The summed E-state index contributed by atoms with van der Waals surface area (Å²) in [5.41, 5.74) is 2.65. The second-order valence-electron chi connectivity index (χ2n) is 6.90. The molecule has 0 saturated heterocycles. The third kappa shape index (κ3) is 6.85. The number of amides is 1. The minimum Gasteiger partial charge on any atom is -0.491 e. The molecule has 2 N–H and O–H groups in total. The Hall–Kier alpha value is -3.47. The standard InChI is InChI=1S/C25H28N2O3/c1-2-3-17-29-24-12-8-7-11-23(24)26-18-25(28)27-21-13-15-22(16-14-21)30-19-20-9-5-4-6-10-20/h4-16,26H,2-3,17-19H2,1H3,(H,27,28). The molecule has 30 heavy (non-hydrogen) atoms. The van der Waals surface area contributed by atoms with Gasteiger partial charge in [0.15, 0.2) is 0 Å². The van der Waals surface area contributed by atoms with Crippen molar-refractivity contribution >= 4 is 17.3 Å². The molecule has 5 nitrogen and oxygen atoms in total. The van der Waals surface area contributed by atoms with Gasteiger partial charge in [-0.1, -0.05) is 55.8 Å². The average Bonchev–Trinajstić information content (AvgIpc) is 2.79. The molecule has 0 aliphatic carbocycles. The number of benzene rings is 3. The maximum atomic E-state index is 12.3. The molecule has 0 spiro atoms. The van der Waals surface area contributed by atoms with Gasteiger partial charge >= 0.3 is 0 Å². The van der Waals surface area contributed by atoms with Gasteiger partial charge in [0.1, 0.15) is 18.1 Å². The molecule has 0 bridgehead atoms. The van der Waals surface area contributed by atoms with Gasteiger partial charge in [0.25, 0.3) is 0 Å². The first-order valence-corrected chi connectivity index (χ1v) is 10.3. The Kier molecular flexibility index (Phi) is 8.15. The molecule has 156 valence electrons. The highest BCUT2D eigenvalue weighted by Gasteiger charge is 2.06. The maximum Gasteiger partial charge on any atom is 0.243 e. The first kappa shape index (κ1) is 21.2. The number of nitrogens with one attached hydrogen (secondary N) is 2. The number of hydrogen-bond donors (Lipinski definition) is 2. The van der Waals surface area contributed by atoms with Crippen LogP contribution in [0.4, 0.5) is 11.4 Å². The highest BCUT2D eigenvalue weighted by Crippen LogP contribution is 2.24. The van der Waals surface area contributed by atoms with Gasteiger partial charge in [-0.3, -0.25) is 4.79 Å². The Bertz CT molecular complexity index is 911. The van der Waals surface area contributed by atoms with Gasteiger partial charge < -0.3 is 20.1 Å². The number of rotatable bonds is 11. The number of para-hydroxylation sites is 2. The summed E-state index contributed by atoms with van der Waals surface area (Å²) in [5, 5.41) is 6.04. The van der Waals surface area contributed by atoms with Crippen LogP contribution in [-0.4, -0.2) is 19.1 Å². The minimum absolute atomic E-state index is 0.128. The SMILES string of the molecule is CCCCOc1ccccc1NCC(=O)Nc1ccc(OCc2ccccc2)cc1. The van der Waals surface area contributed by atoms with Crippen molar-refractivity contribution in [3.63, 3.8) is 0 Å². The number of hydrogen-bond acceptors (Lipinski definition) is 4. The Morgan fingerprint density at radius 2 is 1.60 bits per heavy atom. The predicted octanol–water partition coefficient (Wildman–Crippen LogP) is 5.50. The molecule has 1 amide bonds. The van der Waals surface area contributed by atoms with E-state index in [1.807, 2.05) is 78.9 Å². The van der Waals surface area contributed by atoms with Crippen LogP contribution in [-0.2, 0) is 11.4 Å². The second kappa shape index (κ2) is 11.5. The highest BCUT2D eigenvalue weighted by atomic mass is 16.5. The number of unbranched alkanes of at least 4 members (excludes halogenated alkanes) is 1. The quantitative estimate of drug-likeness (QED) is 0.415. The summed E-state index contributed by atoms with van der Waals surface area (Å²) in [7, 11) is 0. The molecular formula is C25H28N2O3. The van der Waals surface area contributed by atoms with Crippen LogP contribution >= 0.6 is 0 Å². The fourth-order valence-electron chi connectivity index (χ4n) is 2.82. The number of ether oxygens (including phenoxy) is 2. The summed E-state index contributed by atoms with van der Waals surface area (Å²) < 4.78 is 11.6. The van der Waals surface area contributed by atoms with E-state index >= 15 is 0 Å². The third-order valence-electron chi connectivity index (χ3n) is 4.47. The van der Waals surface area contributed by atoms with E-state index in [-0.39, 0.29) is 12.5 Å². The summed E-state index contributed by atoms with van der Waals surface area (Å²) in [5.74, 6) is 1.39. The van der Waals surface area contributed by atoms with Crippen molar-refractivity contribution in [3.05, 3.63) is 84.4 Å². The molecule has 0 heterocycles. The second-order valence-corrected chi connectivity index (χ2v) is 6.90. The fourth-order valence-corrected chi connectivity index (χ4v) is 2.82. The van der Waals surface area contributed by atoms with Crippen molar-refractivity contribution in [1.29, 1.82) is 0 Å². The molecule has 0 aromatic heterocycles. The fraction of sp³-hybridized carbons (Fsp3) is 0.240. The average molecular weight is 405 g/mol. The molecule has 0 aliphatic rings. The molecule has 3 aromatic rings. The van der Waals surface area contributed by atoms with Gasteiger partial charge in [-0.25, -0.2) is 0 Å². The normalized spacial score (nSPS) is 10.3. The maximum absolute atomic E-state index is 12.3.